The van der Waals surface area contributed by atoms with Crippen LogP contribution in [0.1, 0.15) is 50.2 Å². The topological polar surface area (TPSA) is 23.5 Å². The molecule has 0 bridgehead atoms. The molecule has 0 heterocycles. The van der Waals surface area contributed by atoms with Crippen LogP contribution < -0.4 is 0 Å². The van der Waals surface area contributed by atoms with E-state index in [1.54, 1.807) is 0 Å². The van der Waals surface area contributed by atoms with Crippen LogP contribution in [0.5, 0.6) is 0 Å². The fraction of sp³-hybridized carbons (Fsp3) is 0.579. The summed E-state index contributed by atoms with van der Waals surface area (Å²) in [4.78, 5) is 2.50. The first kappa shape index (κ1) is 16.1. The highest BCUT2D eigenvalue weighted by Crippen LogP contribution is 2.27. The van der Waals surface area contributed by atoms with Gasteiger partial charge in [0, 0.05) is 24.6 Å². The van der Waals surface area contributed by atoms with E-state index in [1.807, 2.05) is 0 Å². The molecule has 0 aliphatic heterocycles. The molecule has 21 heavy (non-hydrogen) atoms. The number of aliphatic hydroxyl groups excluding tert-OH is 1. The number of nitrogens with zero attached hydrogens (tertiary/aromatic N) is 1. The molecule has 0 spiro atoms. The molecule has 0 amide bonds. The van der Waals surface area contributed by atoms with Crippen LogP contribution in [0.2, 0.25) is 0 Å². The highest BCUT2D eigenvalue weighted by molar-refractivity contribution is 5.36. The second kappa shape index (κ2) is 8.22. The molecule has 1 fully saturated rings. The molecule has 2 heteroatoms. The summed E-state index contributed by atoms with van der Waals surface area (Å²) in [5, 5.41) is 8.72. The Bertz CT molecular complexity index is 483. The fourth-order valence-electron chi connectivity index (χ4n) is 3.13. The summed E-state index contributed by atoms with van der Waals surface area (Å²) in [6.07, 6.45) is 5.98. The summed E-state index contributed by atoms with van der Waals surface area (Å²) in [6.45, 7) is 3.53. The lowest BCUT2D eigenvalue weighted by Gasteiger charge is -2.34. The average molecular weight is 285 g/mol. The largest absolute Gasteiger partial charge is 0.395 e. The second-order valence-corrected chi connectivity index (χ2v) is 6.31. The van der Waals surface area contributed by atoms with Crippen molar-refractivity contribution in [1.82, 2.24) is 4.90 Å². The number of hydrogen-bond acceptors (Lipinski definition) is 2. The number of aliphatic hydroxyl groups is 1. The quantitative estimate of drug-likeness (QED) is 0.857. The van der Waals surface area contributed by atoms with E-state index in [9.17, 15) is 0 Å². The predicted molar refractivity (Wildman–Crippen MR) is 87.9 cm³/mol. The van der Waals surface area contributed by atoms with Crippen molar-refractivity contribution >= 4 is 0 Å². The van der Waals surface area contributed by atoms with E-state index >= 15 is 0 Å². The van der Waals surface area contributed by atoms with Crippen molar-refractivity contribution in [2.75, 3.05) is 13.7 Å². The normalized spacial score (nSPS) is 21.9. The van der Waals surface area contributed by atoms with Crippen molar-refractivity contribution in [1.29, 1.82) is 0 Å². The van der Waals surface area contributed by atoms with Gasteiger partial charge < -0.3 is 5.11 Å². The number of rotatable bonds is 4. The molecule has 1 aromatic rings. The van der Waals surface area contributed by atoms with Gasteiger partial charge in [0.15, 0.2) is 0 Å². The highest BCUT2D eigenvalue weighted by Gasteiger charge is 2.22. The maximum Gasteiger partial charge on any atom is 0.0540 e. The van der Waals surface area contributed by atoms with Crippen molar-refractivity contribution in [3.8, 4) is 11.8 Å². The molecule has 2 atom stereocenters. The van der Waals surface area contributed by atoms with Gasteiger partial charge in [0.25, 0.3) is 0 Å². The van der Waals surface area contributed by atoms with Gasteiger partial charge in [-0.25, -0.2) is 0 Å². The zero-order valence-corrected chi connectivity index (χ0v) is 13.3. The lowest BCUT2D eigenvalue weighted by Crippen LogP contribution is -2.35. The van der Waals surface area contributed by atoms with Gasteiger partial charge in [0.05, 0.1) is 6.61 Å². The summed E-state index contributed by atoms with van der Waals surface area (Å²) >= 11 is 0. The Morgan fingerprint density at radius 1 is 1.24 bits per heavy atom. The second-order valence-electron chi connectivity index (χ2n) is 6.31. The molecule has 1 saturated carbocycles. The first-order valence-corrected chi connectivity index (χ1v) is 8.08. The van der Waals surface area contributed by atoms with Crippen molar-refractivity contribution in [2.45, 2.75) is 51.6 Å². The zero-order valence-electron chi connectivity index (χ0n) is 13.3. The van der Waals surface area contributed by atoms with Gasteiger partial charge in [-0.3, -0.25) is 4.90 Å². The third-order valence-corrected chi connectivity index (χ3v) is 4.39. The molecule has 1 aliphatic rings. The van der Waals surface area contributed by atoms with Crippen LogP contribution in [-0.2, 0) is 6.54 Å². The van der Waals surface area contributed by atoms with E-state index in [0.717, 1.165) is 24.1 Å². The summed E-state index contributed by atoms with van der Waals surface area (Å²) < 4.78 is 0. The van der Waals surface area contributed by atoms with E-state index < -0.39 is 0 Å². The molecule has 2 nitrogen and oxygen atoms in total. The average Bonchev–Trinajstić information content (AvgIpc) is 2.49. The molecule has 2 rings (SSSR count). The Kier molecular flexibility index (Phi) is 6.29. The molecular weight excluding hydrogens is 258 g/mol. The van der Waals surface area contributed by atoms with E-state index in [4.69, 9.17) is 5.11 Å². The Balaban J connectivity index is 1.89. The molecule has 0 aromatic heterocycles. The highest BCUT2D eigenvalue weighted by atomic mass is 16.2. The molecule has 2 unspecified atom stereocenters. The van der Waals surface area contributed by atoms with Gasteiger partial charge in [0.2, 0.25) is 0 Å². The minimum atomic E-state index is 0.135. The third-order valence-electron chi connectivity index (χ3n) is 4.39. The van der Waals surface area contributed by atoms with Gasteiger partial charge in [-0.05, 0) is 43.5 Å². The maximum atomic E-state index is 8.72. The summed E-state index contributed by atoms with van der Waals surface area (Å²) in [5.41, 5.74) is 2.38. The van der Waals surface area contributed by atoms with Gasteiger partial charge in [0.1, 0.15) is 0 Å². The molecular formula is C19H27NO. The minimum absolute atomic E-state index is 0.135. The van der Waals surface area contributed by atoms with Gasteiger partial charge in [-0.15, -0.1) is 0 Å². The summed E-state index contributed by atoms with van der Waals surface area (Å²) in [7, 11) is 2.25. The Morgan fingerprint density at radius 2 is 2.00 bits per heavy atom. The molecule has 114 valence electrons. The summed E-state index contributed by atoms with van der Waals surface area (Å²) in [6, 6.07) is 9.24. The first-order valence-electron chi connectivity index (χ1n) is 8.08. The van der Waals surface area contributed by atoms with Crippen LogP contribution in [-0.4, -0.2) is 29.7 Å². The molecule has 0 saturated heterocycles. The molecule has 1 N–H and O–H groups in total. The van der Waals surface area contributed by atoms with Gasteiger partial charge in [-0.1, -0.05) is 43.7 Å². The van der Waals surface area contributed by atoms with Crippen molar-refractivity contribution in [3.05, 3.63) is 35.4 Å². The van der Waals surface area contributed by atoms with Crippen LogP contribution in [0.3, 0.4) is 0 Å². The standard InChI is InChI=1S/C19H27NO/c1-16-6-5-8-19(14-16)20(2)15-18-11-9-17(10-12-18)7-3-4-13-21/h9-12,16,19,21H,4-6,8,13-15H2,1-2H3. The van der Waals surface area contributed by atoms with Crippen LogP contribution in [0.25, 0.3) is 0 Å². The zero-order chi connectivity index (χ0) is 15.1. The number of hydrogen-bond donors (Lipinski definition) is 1. The Morgan fingerprint density at radius 3 is 2.67 bits per heavy atom. The van der Waals surface area contributed by atoms with Crippen LogP contribution >= 0.6 is 0 Å². The SMILES string of the molecule is CC1CCCC(N(C)Cc2ccc(C#CCCO)cc2)C1. The number of benzene rings is 1. The van der Waals surface area contributed by atoms with Gasteiger partial charge >= 0.3 is 0 Å². The molecule has 0 radical (unpaired) electrons. The van der Waals surface area contributed by atoms with Gasteiger partial charge in [-0.2, -0.15) is 0 Å². The minimum Gasteiger partial charge on any atom is -0.395 e. The van der Waals surface area contributed by atoms with E-state index in [-0.39, 0.29) is 6.61 Å². The van der Waals surface area contributed by atoms with Crippen molar-refractivity contribution < 1.29 is 5.11 Å². The summed E-state index contributed by atoms with van der Waals surface area (Å²) in [5.74, 6) is 6.90. The molecule has 1 aromatic carbocycles. The lowest BCUT2D eigenvalue weighted by atomic mass is 9.86. The van der Waals surface area contributed by atoms with Crippen LogP contribution in [0, 0.1) is 17.8 Å². The third kappa shape index (κ3) is 5.19. The van der Waals surface area contributed by atoms with Crippen molar-refractivity contribution in [2.24, 2.45) is 5.92 Å². The maximum absolute atomic E-state index is 8.72. The smallest absolute Gasteiger partial charge is 0.0540 e. The van der Waals surface area contributed by atoms with E-state index in [2.05, 4.69) is 55.0 Å². The van der Waals surface area contributed by atoms with Crippen LogP contribution in [0.4, 0.5) is 0 Å². The Hall–Kier alpha value is -1.30. The monoisotopic (exact) mass is 285 g/mol. The molecule has 1 aliphatic carbocycles. The fourth-order valence-corrected chi connectivity index (χ4v) is 3.13. The van der Waals surface area contributed by atoms with Crippen molar-refractivity contribution in [3.63, 3.8) is 0 Å². The van der Waals surface area contributed by atoms with E-state index in [1.165, 1.54) is 31.2 Å². The first-order chi connectivity index (χ1) is 10.2. The Labute approximate surface area is 129 Å². The lowest BCUT2D eigenvalue weighted by molar-refractivity contribution is 0.158. The predicted octanol–water partition coefficient (Wildman–Crippen LogP) is 3.43. The van der Waals surface area contributed by atoms with E-state index in [0.29, 0.717) is 6.42 Å². The van der Waals surface area contributed by atoms with Crippen LogP contribution in [0.15, 0.2) is 24.3 Å².